The highest BCUT2D eigenvalue weighted by Gasteiger charge is 2.33. The lowest BCUT2D eigenvalue weighted by atomic mass is 10.1. The highest BCUT2D eigenvalue weighted by molar-refractivity contribution is 7.92. The Kier molecular flexibility index (Phi) is 9.25. The van der Waals surface area contributed by atoms with Crippen LogP contribution < -0.4 is 9.62 Å². The number of hydrogen-bond acceptors (Lipinski definition) is 4. The van der Waals surface area contributed by atoms with Crippen molar-refractivity contribution >= 4 is 27.5 Å². The lowest BCUT2D eigenvalue weighted by Crippen LogP contribution is -2.52. The molecule has 4 rings (SSSR count). The van der Waals surface area contributed by atoms with Crippen molar-refractivity contribution in [2.24, 2.45) is 0 Å². The Morgan fingerprint density at radius 2 is 1.62 bits per heavy atom. The van der Waals surface area contributed by atoms with Crippen LogP contribution in [0.5, 0.6) is 0 Å². The Labute approximate surface area is 236 Å². The Morgan fingerprint density at radius 3 is 2.27 bits per heavy atom. The molecule has 0 bridgehead atoms. The number of halogens is 1. The zero-order valence-corrected chi connectivity index (χ0v) is 24.0. The molecule has 1 atom stereocenters. The first kappa shape index (κ1) is 29.3. The molecule has 1 fully saturated rings. The molecule has 0 spiro atoms. The molecule has 212 valence electrons. The Hall–Kier alpha value is -3.72. The summed E-state index contributed by atoms with van der Waals surface area (Å²) in [5.41, 5.74) is 2.28. The smallest absolute Gasteiger partial charge is 0.264 e. The van der Waals surface area contributed by atoms with Crippen LogP contribution in [0, 0.1) is 19.7 Å². The molecule has 0 aliphatic heterocycles. The van der Waals surface area contributed by atoms with Crippen LogP contribution in [0.25, 0.3) is 0 Å². The summed E-state index contributed by atoms with van der Waals surface area (Å²) >= 11 is 0. The molecule has 40 heavy (non-hydrogen) atoms. The summed E-state index contributed by atoms with van der Waals surface area (Å²) in [5, 5.41) is 3.01. The van der Waals surface area contributed by atoms with Crippen LogP contribution in [0.3, 0.4) is 0 Å². The number of nitrogens with zero attached hydrogens (tertiary/aromatic N) is 2. The Morgan fingerprint density at radius 1 is 0.950 bits per heavy atom. The van der Waals surface area contributed by atoms with E-state index in [-0.39, 0.29) is 29.0 Å². The molecule has 1 N–H and O–H groups in total. The van der Waals surface area contributed by atoms with Crippen LogP contribution in [0.1, 0.15) is 49.3 Å². The van der Waals surface area contributed by atoms with Crippen molar-refractivity contribution in [2.75, 3.05) is 10.8 Å². The van der Waals surface area contributed by atoms with Gasteiger partial charge in [-0.25, -0.2) is 12.8 Å². The van der Waals surface area contributed by atoms with Gasteiger partial charge in [-0.2, -0.15) is 0 Å². The number of amides is 2. The third kappa shape index (κ3) is 6.88. The number of rotatable bonds is 10. The number of aryl methyl sites for hydroxylation is 2. The Bertz CT molecular complexity index is 1450. The summed E-state index contributed by atoms with van der Waals surface area (Å²) in [6.07, 6.45) is 3.80. The summed E-state index contributed by atoms with van der Waals surface area (Å²) in [6, 6.07) is 18.4. The third-order valence-electron chi connectivity index (χ3n) is 7.34. The molecule has 2 amide bonds. The SMILES string of the molecule is Cc1ccc(S(=O)(=O)N(CC(=O)N(Cc2ccccc2F)[C@@H](C)C(=O)NC2CCCC2)c2cccc(C)c2)cc1. The van der Waals surface area contributed by atoms with Crippen molar-refractivity contribution in [1.29, 1.82) is 0 Å². The predicted molar refractivity (Wildman–Crippen MR) is 154 cm³/mol. The fourth-order valence-electron chi connectivity index (χ4n) is 4.93. The van der Waals surface area contributed by atoms with E-state index >= 15 is 0 Å². The quantitative estimate of drug-likeness (QED) is 0.370. The van der Waals surface area contributed by atoms with Crippen LogP contribution in [-0.2, 0) is 26.2 Å². The number of carbonyl (C=O) groups excluding carboxylic acids is 2. The molecule has 1 saturated carbocycles. The van der Waals surface area contributed by atoms with E-state index in [9.17, 15) is 22.4 Å². The molecular formula is C31H36FN3O4S. The lowest BCUT2D eigenvalue weighted by Gasteiger charge is -2.32. The number of sulfonamides is 1. The molecule has 1 aliphatic rings. The van der Waals surface area contributed by atoms with Gasteiger partial charge in [-0.3, -0.25) is 13.9 Å². The summed E-state index contributed by atoms with van der Waals surface area (Å²) in [7, 11) is -4.15. The number of carbonyl (C=O) groups is 2. The third-order valence-corrected chi connectivity index (χ3v) is 9.13. The van der Waals surface area contributed by atoms with E-state index in [1.54, 1.807) is 55.5 Å². The van der Waals surface area contributed by atoms with Crippen molar-refractivity contribution in [3.63, 3.8) is 0 Å². The topological polar surface area (TPSA) is 86.8 Å². The monoisotopic (exact) mass is 565 g/mol. The van der Waals surface area contributed by atoms with E-state index in [0.717, 1.165) is 41.1 Å². The number of hydrogen-bond donors (Lipinski definition) is 1. The average Bonchev–Trinajstić information content (AvgIpc) is 3.44. The number of nitrogens with one attached hydrogen (secondary N) is 1. The summed E-state index contributed by atoms with van der Waals surface area (Å²) in [5.74, 6) is -1.47. The number of benzene rings is 3. The molecule has 9 heteroatoms. The Balaban J connectivity index is 1.69. The van der Waals surface area contributed by atoms with Crippen LogP contribution >= 0.6 is 0 Å². The van der Waals surface area contributed by atoms with Crippen molar-refractivity contribution in [1.82, 2.24) is 10.2 Å². The van der Waals surface area contributed by atoms with Gasteiger partial charge in [0.25, 0.3) is 10.0 Å². The minimum Gasteiger partial charge on any atom is -0.352 e. The predicted octanol–water partition coefficient (Wildman–Crippen LogP) is 5.11. The van der Waals surface area contributed by atoms with Crippen molar-refractivity contribution in [3.05, 3.63) is 95.3 Å². The molecule has 0 unspecified atom stereocenters. The minimum atomic E-state index is -4.15. The zero-order chi connectivity index (χ0) is 28.9. The van der Waals surface area contributed by atoms with Gasteiger partial charge in [-0.15, -0.1) is 0 Å². The zero-order valence-electron chi connectivity index (χ0n) is 23.1. The first-order chi connectivity index (χ1) is 19.1. The second-order valence-corrected chi connectivity index (χ2v) is 12.3. The molecule has 0 saturated heterocycles. The van der Waals surface area contributed by atoms with Gasteiger partial charge in [-0.1, -0.05) is 60.9 Å². The van der Waals surface area contributed by atoms with E-state index in [0.29, 0.717) is 5.69 Å². The fourth-order valence-corrected chi connectivity index (χ4v) is 6.34. The highest BCUT2D eigenvalue weighted by atomic mass is 32.2. The first-order valence-electron chi connectivity index (χ1n) is 13.6. The summed E-state index contributed by atoms with van der Waals surface area (Å²) in [4.78, 5) is 28.5. The van der Waals surface area contributed by atoms with E-state index in [4.69, 9.17) is 0 Å². The molecule has 1 aliphatic carbocycles. The molecule has 0 heterocycles. The van der Waals surface area contributed by atoms with Crippen molar-refractivity contribution in [2.45, 2.75) is 70.0 Å². The largest absolute Gasteiger partial charge is 0.352 e. The molecule has 0 aromatic heterocycles. The van der Waals surface area contributed by atoms with Crippen LogP contribution in [0.4, 0.5) is 10.1 Å². The van der Waals surface area contributed by atoms with Gasteiger partial charge in [-0.05, 0) is 69.5 Å². The van der Waals surface area contributed by atoms with E-state index < -0.39 is 34.3 Å². The minimum absolute atomic E-state index is 0.0334. The fraction of sp³-hybridized carbons (Fsp3) is 0.355. The van der Waals surface area contributed by atoms with Gasteiger partial charge >= 0.3 is 0 Å². The van der Waals surface area contributed by atoms with Gasteiger partial charge < -0.3 is 10.2 Å². The maximum absolute atomic E-state index is 14.7. The van der Waals surface area contributed by atoms with Crippen LogP contribution in [0.15, 0.2) is 77.7 Å². The van der Waals surface area contributed by atoms with Crippen molar-refractivity contribution < 1.29 is 22.4 Å². The van der Waals surface area contributed by atoms with Gasteiger partial charge in [0, 0.05) is 18.2 Å². The summed E-state index contributed by atoms with van der Waals surface area (Å²) < 4.78 is 43.5. The number of anilines is 1. The van der Waals surface area contributed by atoms with Crippen LogP contribution in [0.2, 0.25) is 0 Å². The standard InChI is InChI=1S/C31H36FN3O4S/c1-22-15-17-28(18-16-22)40(38,39)35(27-13-8-9-23(2)19-27)21-30(36)34(20-25-10-4-7-14-29(25)32)24(3)31(37)33-26-11-5-6-12-26/h4,7-10,13-19,24,26H,5-6,11-12,20-21H2,1-3H3,(H,33,37)/t24-/m0/s1. The van der Waals surface area contributed by atoms with Gasteiger partial charge in [0.1, 0.15) is 18.4 Å². The van der Waals surface area contributed by atoms with Crippen molar-refractivity contribution in [3.8, 4) is 0 Å². The van der Waals surface area contributed by atoms with E-state index in [1.807, 2.05) is 19.9 Å². The second kappa shape index (κ2) is 12.6. The second-order valence-electron chi connectivity index (χ2n) is 10.4. The van der Waals surface area contributed by atoms with E-state index in [2.05, 4.69) is 5.32 Å². The molecular weight excluding hydrogens is 529 g/mol. The van der Waals surface area contributed by atoms with Crippen LogP contribution in [-0.4, -0.2) is 43.8 Å². The highest BCUT2D eigenvalue weighted by Crippen LogP contribution is 2.26. The molecule has 7 nitrogen and oxygen atoms in total. The van der Waals surface area contributed by atoms with Gasteiger partial charge in [0.15, 0.2) is 0 Å². The molecule has 3 aromatic carbocycles. The normalized spacial score (nSPS) is 14.5. The van der Waals surface area contributed by atoms with Gasteiger partial charge in [0.2, 0.25) is 11.8 Å². The molecule has 0 radical (unpaired) electrons. The average molecular weight is 566 g/mol. The summed E-state index contributed by atoms with van der Waals surface area (Å²) in [6.45, 7) is 4.54. The van der Waals surface area contributed by atoms with E-state index in [1.165, 1.54) is 23.1 Å². The first-order valence-corrected chi connectivity index (χ1v) is 15.0. The molecule has 3 aromatic rings. The maximum Gasteiger partial charge on any atom is 0.264 e. The lowest BCUT2D eigenvalue weighted by molar-refractivity contribution is -0.139. The maximum atomic E-state index is 14.7. The van der Waals surface area contributed by atoms with Gasteiger partial charge in [0.05, 0.1) is 10.6 Å².